The average Bonchev–Trinajstić information content (AvgIpc) is 3.28. The molecular formula is C22H16BrN3O4S. The molecule has 31 heavy (non-hydrogen) atoms. The quantitative estimate of drug-likeness (QED) is 0.372. The molecule has 7 nitrogen and oxygen atoms in total. The van der Waals surface area contributed by atoms with Crippen molar-refractivity contribution in [2.45, 2.75) is 0 Å². The summed E-state index contributed by atoms with van der Waals surface area (Å²) < 4.78 is 10.4. The fraction of sp³-hybridized carbons (Fsp3) is 0.0909. The van der Waals surface area contributed by atoms with Crippen LogP contribution in [0.4, 0.5) is 5.69 Å². The van der Waals surface area contributed by atoms with Crippen LogP contribution in [0.1, 0.15) is 25.7 Å². The van der Waals surface area contributed by atoms with Crippen LogP contribution in [-0.4, -0.2) is 31.1 Å². The van der Waals surface area contributed by atoms with E-state index in [9.17, 15) is 14.9 Å². The second kappa shape index (κ2) is 10.0. The monoisotopic (exact) mass is 497 g/mol. The van der Waals surface area contributed by atoms with Crippen LogP contribution in [0, 0.1) is 11.3 Å². The normalized spacial score (nSPS) is 10.8. The minimum Gasteiger partial charge on any atom is -0.465 e. The number of nitrogens with one attached hydrogen (secondary N) is 1. The Hall–Kier alpha value is -3.48. The summed E-state index contributed by atoms with van der Waals surface area (Å²) >= 11 is 4.76. The summed E-state index contributed by atoms with van der Waals surface area (Å²) in [6, 6.07) is 14.2. The number of carbonyl (C=O) groups is 2. The van der Waals surface area contributed by atoms with E-state index in [1.54, 1.807) is 0 Å². The zero-order chi connectivity index (χ0) is 22.4. The van der Waals surface area contributed by atoms with E-state index >= 15 is 0 Å². The Morgan fingerprint density at radius 2 is 1.94 bits per heavy atom. The summed E-state index contributed by atoms with van der Waals surface area (Å²) in [5.74, 6) is -1.14. The number of anilines is 1. The molecule has 3 rings (SSSR count). The van der Waals surface area contributed by atoms with E-state index in [1.165, 1.54) is 50.0 Å². The lowest BCUT2D eigenvalue weighted by Crippen LogP contribution is -2.08. The van der Waals surface area contributed by atoms with E-state index in [2.05, 4.69) is 32.3 Å². The van der Waals surface area contributed by atoms with Crippen LogP contribution in [0.25, 0.3) is 16.8 Å². The fourth-order valence-corrected chi connectivity index (χ4v) is 3.86. The predicted molar refractivity (Wildman–Crippen MR) is 122 cm³/mol. The molecule has 0 aliphatic carbocycles. The zero-order valence-corrected chi connectivity index (χ0v) is 18.9. The third-order valence-corrected chi connectivity index (χ3v) is 5.56. The summed E-state index contributed by atoms with van der Waals surface area (Å²) in [5.41, 5.74) is 2.68. The van der Waals surface area contributed by atoms with Crippen molar-refractivity contribution >= 4 is 50.5 Å². The molecule has 0 fully saturated rings. The topological polar surface area (TPSA) is 101 Å². The van der Waals surface area contributed by atoms with Gasteiger partial charge in [0.05, 0.1) is 36.7 Å². The van der Waals surface area contributed by atoms with Gasteiger partial charge >= 0.3 is 11.9 Å². The average molecular weight is 498 g/mol. The molecule has 0 saturated carbocycles. The SMILES string of the molecule is COC(=O)c1ccc(C(=O)OC)c(NC=C(C#N)c2nc(-c3cccc(Br)c3)cs2)c1. The Labute approximate surface area is 191 Å². The second-order valence-electron chi connectivity index (χ2n) is 6.11. The number of carbonyl (C=O) groups excluding carboxylic acids is 2. The van der Waals surface area contributed by atoms with Gasteiger partial charge in [0.25, 0.3) is 0 Å². The molecule has 0 radical (unpaired) electrons. The molecule has 0 saturated heterocycles. The summed E-state index contributed by atoms with van der Waals surface area (Å²) in [7, 11) is 2.53. The maximum Gasteiger partial charge on any atom is 0.339 e. The molecule has 0 amide bonds. The van der Waals surface area contributed by atoms with E-state index in [4.69, 9.17) is 9.47 Å². The van der Waals surface area contributed by atoms with Gasteiger partial charge in [-0.3, -0.25) is 0 Å². The highest BCUT2D eigenvalue weighted by Crippen LogP contribution is 2.28. The van der Waals surface area contributed by atoms with Gasteiger partial charge in [-0.2, -0.15) is 5.26 Å². The number of allylic oxidation sites excluding steroid dienone is 1. The van der Waals surface area contributed by atoms with Crippen molar-refractivity contribution in [3.8, 4) is 17.3 Å². The Bertz CT molecular complexity index is 1210. The largest absolute Gasteiger partial charge is 0.465 e. The highest BCUT2D eigenvalue weighted by molar-refractivity contribution is 9.10. The number of benzene rings is 2. The third-order valence-electron chi connectivity index (χ3n) is 4.19. The first-order valence-electron chi connectivity index (χ1n) is 8.86. The molecule has 0 aliphatic rings. The molecule has 3 aromatic rings. The van der Waals surface area contributed by atoms with Gasteiger partial charge in [-0.05, 0) is 30.3 Å². The molecule has 156 valence electrons. The van der Waals surface area contributed by atoms with Gasteiger partial charge < -0.3 is 14.8 Å². The molecule has 0 spiro atoms. The molecule has 0 aliphatic heterocycles. The molecule has 1 aromatic heterocycles. The number of hydrogen-bond acceptors (Lipinski definition) is 8. The van der Waals surface area contributed by atoms with Crippen molar-refractivity contribution in [3.63, 3.8) is 0 Å². The number of ether oxygens (including phenoxy) is 2. The number of methoxy groups -OCH3 is 2. The Kier molecular flexibility index (Phi) is 7.18. The van der Waals surface area contributed by atoms with Crippen LogP contribution >= 0.6 is 27.3 Å². The van der Waals surface area contributed by atoms with Gasteiger partial charge in [-0.25, -0.2) is 14.6 Å². The van der Waals surface area contributed by atoms with Crippen molar-refractivity contribution in [2.75, 3.05) is 19.5 Å². The first-order valence-corrected chi connectivity index (χ1v) is 10.5. The summed E-state index contributed by atoms with van der Waals surface area (Å²) in [5, 5.41) is 14.9. The summed E-state index contributed by atoms with van der Waals surface area (Å²) in [6.07, 6.45) is 1.44. The molecule has 9 heteroatoms. The lowest BCUT2D eigenvalue weighted by Gasteiger charge is -2.10. The predicted octanol–water partition coefficient (Wildman–Crippen LogP) is 5.12. The van der Waals surface area contributed by atoms with Crippen molar-refractivity contribution in [1.82, 2.24) is 4.98 Å². The standard InChI is InChI=1S/C22H16BrN3O4S/c1-29-21(27)14-6-7-17(22(28)30-2)18(9-14)25-11-15(10-24)20-26-19(12-31-20)13-4-3-5-16(23)8-13/h3-9,11-12,25H,1-2H3. The molecule has 2 aromatic carbocycles. The molecular weight excluding hydrogens is 482 g/mol. The van der Waals surface area contributed by atoms with Crippen LogP contribution < -0.4 is 5.32 Å². The minimum atomic E-state index is -0.586. The Morgan fingerprint density at radius 3 is 2.61 bits per heavy atom. The van der Waals surface area contributed by atoms with E-state index in [0.717, 1.165) is 15.7 Å². The maximum atomic E-state index is 12.1. The first kappa shape index (κ1) is 22.2. The van der Waals surface area contributed by atoms with Crippen molar-refractivity contribution in [1.29, 1.82) is 5.26 Å². The Morgan fingerprint density at radius 1 is 1.16 bits per heavy atom. The van der Waals surface area contributed by atoms with Gasteiger partial charge in [-0.15, -0.1) is 11.3 Å². The highest BCUT2D eigenvalue weighted by Gasteiger charge is 2.16. The molecule has 1 N–H and O–H groups in total. The van der Waals surface area contributed by atoms with Crippen molar-refractivity contribution in [3.05, 3.63) is 74.7 Å². The van der Waals surface area contributed by atoms with Crippen LogP contribution in [-0.2, 0) is 9.47 Å². The molecule has 0 bridgehead atoms. The van der Waals surface area contributed by atoms with Crippen LogP contribution in [0.2, 0.25) is 0 Å². The Balaban J connectivity index is 1.93. The van der Waals surface area contributed by atoms with E-state index in [1.807, 2.05) is 29.6 Å². The van der Waals surface area contributed by atoms with E-state index in [-0.39, 0.29) is 16.7 Å². The molecule has 1 heterocycles. The van der Waals surface area contributed by atoms with Crippen LogP contribution in [0.5, 0.6) is 0 Å². The number of rotatable bonds is 6. The number of esters is 2. The summed E-state index contributed by atoms with van der Waals surface area (Å²) in [6.45, 7) is 0. The lowest BCUT2D eigenvalue weighted by atomic mass is 10.1. The molecule has 0 unspecified atom stereocenters. The van der Waals surface area contributed by atoms with Crippen LogP contribution in [0.3, 0.4) is 0 Å². The third kappa shape index (κ3) is 5.17. The summed E-state index contributed by atoms with van der Waals surface area (Å²) in [4.78, 5) is 28.5. The smallest absolute Gasteiger partial charge is 0.339 e. The maximum absolute atomic E-state index is 12.1. The number of hydrogen-bond donors (Lipinski definition) is 1. The van der Waals surface area contributed by atoms with E-state index in [0.29, 0.717) is 10.7 Å². The van der Waals surface area contributed by atoms with Gasteiger partial charge in [0.15, 0.2) is 0 Å². The van der Waals surface area contributed by atoms with Gasteiger partial charge in [0, 0.05) is 21.6 Å². The highest BCUT2D eigenvalue weighted by atomic mass is 79.9. The first-order chi connectivity index (χ1) is 15.0. The number of halogens is 1. The van der Waals surface area contributed by atoms with Gasteiger partial charge in [0.1, 0.15) is 16.6 Å². The lowest BCUT2D eigenvalue weighted by molar-refractivity contribution is 0.0587. The minimum absolute atomic E-state index is 0.206. The van der Waals surface area contributed by atoms with E-state index < -0.39 is 11.9 Å². The van der Waals surface area contributed by atoms with Crippen molar-refractivity contribution in [2.24, 2.45) is 0 Å². The fourth-order valence-electron chi connectivity index (χ4n) is 2.67. The molecule has 0 atom stereocenters. The van der Waals surface area contributed by atoms with Gasteiger partial charge in [0.2, 0.25) is 0 Å². The second-order valence-corrected chi connectivity index (χ2v) is 7.88. The number of nitrogens with zero attached hydrogens (tertiary/aromatic N) is 2. The number of nitriles is 1. The number of aromatic nitrogens is 1. The van der Waals surface area contributed by atoms with Crippen molar-refractivity contribution < 1.29 is 19.1 Å². The number of thiazole rings is 1. The zero-order valence-electron chi connectivity index (χ0n) is 16.5. The van der Waals surface area contributed by atoms with Gasteiger partial charge in [-0.1, -0.05) is 28.1 Å². The van der Waals surface area contributed by atoms with Crippen LogP contribution in [0.15, 0.2) is 58.5 Å².